The van der Waals surface area contributed by atoms with Crippen molar-refractivity contribution in [2.45, 2.75) is 6.61 Å². The van der Waals surface area contributed by atoms with Crippen LogP contribution in [0.5, 0.6) is 0 Å². The predicted molar refractivity (Wildman–Crippen MR) is 94.7 cm³/mol. The number of halogens is 2. The molecule has 0 saturated carbocycles. The fraction of sp³-hybridized carbons (Fsp3) is 0.188. The molecule has 2 amide bonds. The van der Waals surface area contributed by atoms with Gasteiger partial charge in [-0.15, -0.1) is 0 Å². The van der Waals surface area contributed by atoms with Crippen molar-refractivity contribution < 1.29 is 19.4 Å². The zero-order chi connectivity index (χ0) is 17.5. The number of benzene rings is 2. The van der Waals surface area contributed by atoms with Crippen molar-refractivity contribution in [2.75, 3.05) is 29.1 Å². The lowest BCUT2D eigenvalue weighted by molar-refractivity contribution is 0.262. The van der Waals surface area contributed by atoms with Gasteiger partial charge in [-0.05, 0) is 30.3 Å². The van der Waals surface area contributed by atoms with Crippen LogP contribution in [0.25, 0.3) is 0 Å². The summed E-state index contributed by atoms with van der Waals surface area (Å²) < 4.78 is 14.3. The lowest BCUT2D eigenvalue weighted by atomic mass is 10.2. The van der Waals surface area contributed by atoms with Crippen molar-refractivity contribution >= 4 is 39.0 Å². The molecule has 0 aliphatic rings. The van der Waals surface area contributed by atoms with Crippen LogP contribution >= 0.6 is 15.9 Å². The Morgan fingerprint density at radius 2 is 1.83 bits per heavy atom. The number of rotatable bonds is 6. The van der Waals surface area contributed by atoms with Gasteiger partial charge < -0.3 is 26.2 Å². The van der Waals surface area contributed by atoms with Gasteiger partial charge in [-0.2, -0.15) is 0 Å². The molecule has 2 aromatic rings. The zero-order valence-corrected chi connectivity index (χ0v) is 14.2. The number of amides is 2. The molecule has 5 N–H and O–H groups in total. The molecule has 8 heteroatoms. The molecule has 0 heterocycles. The first-order valence-electron chi connectivity index (χ1n) is 7.14. The lowest BCUT2D eigenvalue weighted by Gasteiger charge is -2.12. The summed E-state index contributed by atoms with van der Waals surface area (Å²) in [5, 5.41) is 26.1. The second-order valence-electron chi connectivity index (χ2n) is 4.92. The van der Waals surface area contributed by atoms with Crippen molar-refractivity contribution in [1.29, 1.82) is 0 Å². The van der Waals surface area contributed by atoms with E-state index in [4.69, 9.17) is 5.11 Å². The quantitative estimate of drug-likeness (QED) is 0.517. The number of aliphatic hydroxyl groups is 2. The fourth-order valence-corrected chi connectivity index (χ4v) is 2.41. The summed E-state index contributed by atoms with van der Waals surface area (Å²) in [6, 6.07) is 8.51. The highest BCUT2D eigenvalue weighted by molar-refractivity contribution is 9.10. The number of hydrogen-bond donors (Lipinski definition) is 5. The second-order valence-corrected chi connectivity index (χ2v) is 5.83. The Labute approximate surface area is 146 Å². The van der Waals surface area contributed by atoms with Crippen molar-refractivity contribution in [3.05, 3.63) is 52.3 Å². The molecule has 0 bridgehead atoms. The summed E-state index contributed by atoms with van der Waals surface area (Å²) in [4.78, 5) is 12.1. The van der Waals surface area contributed by atoms with Crippen LogP contribution in [0.2, 0.25) is 0 Å². The fourth-order valence-electron chi connectivity index (χ4n) is 2.05. The van der Waals surface area contributed by atoms with E-state index in [1.54, 1.807) is 24.3 Å². The molecule has 24 heavy (non-hydrogen) atoms. The average Bonchev–Trinajstić information content (AvgIpc) is 2.52. The summed E-state index contributed by atoms with van der Waals surface area (Å²) in [7, 11) is 0. The maximum Gasteiger partial charge on any atom is 0.323 e. The normalized spacial score (nSPS) is 10.3. The number of urea groups is 1. The zero-order valence-electron chi connectivity index (χ0n) is 12.6. The third-order valence-corrected chi connectivity index (χ3v) is 3.58. The van der Waals surface area contributed by atoms with Gasteiger partial charge in [0.15, 0.2) is 0 Å². The van der Waals surface area contributed by atoms with Crippen molar-refractivity contribution in [3.63, 3.8) is 0 Å². The molecule has 0 aliphatic carbocycles. The molecule has 2 rings (SSSR count). The average molecular weight is 398 g/mol. The highest BCUT2D eigenvalue weighted by Crippen LogP contribution is 2.22. The molecule has 2 aromatic carbocycles. The molecule has 0 saturated heterocycles. The maximum atomic E-state index is 13.6. The Morgan fingerprint density at radius 3 is 2.54 bits per heavy atom. The maximum absolute atomic E-state index is 13.6. The first-order chi connectivity index (χ1) is 11.5. The third-order valence-electron chi connectivity index (χ3n) is 3.09. The molecule has 0 unspecified atom stereocenters. The van der Waals surface area contributed by atoms with E-state index in [0.717, 1.165) is 4.47 Å². The molecule has 0 aromatic heterocycles. The molecule has 0 radical (unpaired) electrons. The highest BCUT2D eigenvalue weighted by Gasteiger charge is 2.09. The van der Waals surface area contributed by atoms with E-state index in [1.807, 2.05) is 0 Å². The number of anilines is 3. The first kappa shape index (κ1) is 18.2. The monoisotopic (exact) mass is 397 g/mol. The van der Waals surface area contributed by atoms with E-state index < -0.39 is 11.8 Å². The summed E-state index contributed by atoms with van der Waals surface area (Å²) >= 11 is 3.29. The minimum Gasteiger partial charge on any atom is -0.395 e. The summed E-state index contributed by atoms with van der Waals surface area (Å²) in [5.74, 6) is -0.522. The van der Waals surface area contributed by atoms with Crippen LogP contribution in [0, 0.1) is 5.82 Å². The Hall–Kier alpha value is -2.16. The Kier molecular flexibility index (Phi) is 6.53. The smallest absolute Gasteiger partial charge is 0.323 e. The number of carbonyl (C=O) groups is 1. The second kappa shape index (κ2) is 8.62. The van der Waals surface area contributed by atoms with Crippen LogP contribution in [-0.4, -0.2) is 29.4 Å². The molecule has 128 valence electrons. The van der Waals surface area contributed by atoms with E-state index in [0.29, 0.717) is 16.9 Å². The molecular weight excluding hydrogens is 381 g/mol. The molecule has 6 nitrogen and oxygen atoms in total. The SMILES string of the molecule is O=C(Nc1cc(F)cc(NCCO)c1)Nc1cc(Br)ccc1CO. The van der Waals surface area contributed by atoms with E-state index in [9.17, 15) is 14.3 Å². The lowest BCUT2D eigenvalue weighted by Crippen LogP contribution is -2.20. The summed E-state index contributed by atoms with van der Waals surface area (Å²) in [5.41, 5.74) is 1.70. The number of aliphatic hydroxyl groups excluding tert-OH is 2. The van der Waals surface area contributed by atoms with Gasteiger partial charge in [-0.3, -0.25) is 0 Å². The van der Waals surface area contributed by atoms with Gasteiger partial charge in [0.25, 0.3) is 0 Å². The predicted octanol–water partition coefficient (Wildman–Crippen LogP) is 3.13. The molecule has 0 fully saturated rings. The van der Waals surface area contributed by atoms with Crippen LogP contribution in [0.1, 0.15) is 5.56 Å². The third kappa shape index (κ3) is 5.19. The Bertz CT molecular complexity index is 728. The largest absolute Gasteiger partial charge is 0.395 e. The minimum atomic E-state index is -0.568. The number of hydrogen-bond acceptors (Lipinski definition) is 4. The van der Waals surface area contributed by atoms with E-state index >= 15 is 0 Å². The van der Waals surface area contributed by atoms with Gasteiger partial charge in [0.1, 0.15) is 5.82 Å². The standard InChI is InChI=1S/C16H17BrFN3O3/c17-11-2-1-10(9-23)15(5-11)21-16(24)20-14-7-12(18)6-13(8-14)19-3-4-22/h1-2,5-8,19,22-23H,3-4,9H2,(H2,20,21,24). The van der Waals surface area contributed by atoms with Gasteiger partial charge >= 0.3 is 6.03 Å². The van der Waals surface area contributed by atoms with Crippen molar-refractivity contribution in [2.24, 2.45) is 0 Å². The van der Waals surface area contributed by atoms with Gasteiger partial charge in [-0.1, -0.05) is 22.0 Å². The van der Waals surface area contributed by atoms with Crippen LogP contribution in [0.15, 0.2) is 40.9 Å². The van der Waals surface area contributed by atoms with Crippen LogP contribution in [0.3, 0.4) is 0 Å². The van der Waals surface area contributed by atoms with Crippen LogP contribution in [0.4, 0.5) is 26.2 Å². The van der Waals surface area contributed by atoms with Crippen molar-refractivity contribution in [3.8, 4) is 0 Å². The summed E-state index contributed by atoms with van der Waals surface area (Å²) in [6.45, 7) is -0.0440. The van der Waals surface area contributed by atoms with Gasteiger partial charge in [-0.25, -0.2) is 9.18 Å². The Balaban J connectivity index is 2.10. The van der Waals surface area contributed by atoms with Crippen LogP contribution in [-0.2, 0) is 6.61 Å². The topological polar surface area (TPSA) is 93.6 Å². The molecule has 0 atom stereocenters. The van der Waals surface area contributed by atoms with E-state index in [1.165, 1.54) is 12.1 Å². The molecule has 0 spiro atoms. The highest BCUT2D eigenvalue weighted by atomic mass is 79.9. The Morgan fingerprint density at radius 1 is 1.08 bits per heavy atom. The van der Waals surface area contributed by atoms with E-state index in [-0.39, 0.29) is 25.4 Å². The van der Waals surface area contributed by atoms with Gasteiger partial charge in [0.2, 0.25) is 0 Å². The van der Waals surface area contributed by atoms with Crippen LogP contribution < -0.4 is 16.0 Å². The summed E-state index contributed by atoms with van der Waals surface area (Å²) in [6.07, 6.45) is 0. The van der Waals surface area contributed by atoms with E-state index in [2.05, 4.69) is 31.9 Å². The van der Waals surface area contributed by atoms with Gasteiger partial charge in [0.05, 0.1) is 13.2 Å². The molecule has 0 aliphatic heterocycles. The number of carbonyl (C=O) groups excluding carboxylic acids is 1. The number of nitrogens with one attached hydrogen (secondary N) is 3. The first-order valence-corrected chi connectivity index (χ1v) is 7.93. The van der Waals surface area contributed by atoms with Gasteiger partial charge in [0, 0.05) is 33.6 Å². The van der Waals surface area contributed by atoms with Crippen molar-refractivity contribution in [1.82, 2.24) is 0 Å². The minimum absolute atomic E-state index is 0.0907. The molecular formula is C16H17BrFN3O3.